The van der Waals surface area contributed by atoms with Gasteiger partial charge in [-0.1, -0.05) is 156 Å². The van der Waals surface area contributed by atoms with E-state index in [0.29, 0.717) is 0 Å². The van der Waals surface area contributed by atoms with E-state index in [0.717, 1.165) is 0 Å². The normalized spacial score (nSPS) is 12.0. The molecule has 0 aliphatic carbocycles. The van der Waals surface area contributed by atoms with Crippen LogP contribution in [0.2, 0.25) is 0 Å². The predicted octanol–water partition coefficient (Wildman–Crippen LogP) is 12.8. The summed E-state index contributed by atoms with van der Waals surface area (Å²) in [6, 6.07) is 0. The van der Waals surface area contributed by atoms with Crippen molar-refractivity contribution < 1.29 is 4.48 Å². The molecule has 0 unspecified atom stereocenters. The van der Waals surface area contributed by atoms with Crippen LogP contribution in [0.5, 0.6) is 0 Å². The second-order valence-electron chi connectivity index (χ2n) is 12.7. The van der Waals surface area contributed by atoms with Crippen molar-refractivity contribution in [3.8, 4) is 0 Å². The summed E-state index contributed by atoms with van der Waals surface area (Å²) in [5.41, 5.74) is 0. The number of unbranched alkanes of at least 4 members (excludes halogenated alkanes) is 24. The van der Waals surface area contributed by atoms with Gasteiger partial charge in [-0.05, 0) is 51.4 Å². The molecule has 0 saturated carbocycles. The molecule has 37 heavy (non-hydrogen) atoms. The molecule has 0 saturated heterocycles. The van der Waals surface area contributed by atoms with Gasteiger partial charge in [0.05, 0.1) is 26.2 Å². The summed E-state index contributed by atoms with van der Waals surface area (Å²) in [4.78, 5) is 0. The molecule has 0 N–H and O–H groups in total. The second kappa shape index (κ2) is 30.5. The first-order chi connectivity index (χ1) is 18.2. The highest BCUT2D eigenvalue weighted by molar-refractivity contribution is 4.54. The standard InChI is InChI=1S/C36H76N/c1-5-9-13-17-18-19-20-21-22-23-24-25-26-27-28-32-36-37(33-29-14-10-6-2,34-30-15-11-7-3)35-31-16-12-8-4/h5-36H2,1-4H3/q+1. The van der Waals surface area contributed by atoms with Crippen LogP contribution in [-0.4, -0.2) is 30.7 Å². The maximum absolute atomic E-state index is 2.36. The fraction of sp³-hybridized carbons (Fsp3) is 1.00. The molecule has 0 heterocycles. The lowest BCUT2D eigenvalue weighted by atomic mass is 10.0. The maximum Gasteiger partial charge on any atom is 0.0786 e. The summed E-state index contributed by atoms with van der Waals surface area (Å²) >= 11 is 0. The van der Waals surface area contributed by atoms with Crippen molar-refractivity contribution in [1.82, 2.24) is 0 Å². The average molecular weight is 523 g/mol. The summed E-state index contributed by atoms with van der Waals surface area (Å²) in [6.45, 7) is 15.3. The van der Waals surface area contributed by atoms with Gasteiger partial charge in [-0.25, -0.2) is 0 Å². The van der Waals surface area contributed by atoms with Crippen LogP contribution >= 0.6 is 0 Å². The van der Waals surface area contributed by atoms with Crippen LogP contribution in [0.3, 0.4) is 0 Å². The van der Waals surface area contributed by atoms with E-state index < -0.39 is 0 Å². The van der Waals surface area contributed by atoms with Crippen LogP contribution in [0.25, 0.3) is 0 Å². The molecule has 0 aromatic heterocycles. The number of nitrogens with zero attached hydrogens (tertiary/aromatic N) is 1. The molecule has 0 aromatic rings. The van der Waals surface area contributed by atoms with Crippen LogP contribution in [0, 0.1) is 0 Å². The van der Waals surface area contributed by atoms with Crippen molar-refractivity contribution in [2.45, 2.75) is 207 Å². The van der Waals surface area contributed by atoms with Gasteiger partial charge in [0.25, 0.3) is 0 Å². The minimum Gasteiger partial charge on any atom is -0.324 e. The Morgan fingerprint density at radius 1 is 0.216 bits per heavy atom. The van der Waals surface area contributed by atoms with E-state index >= 15 is 0 Å². The molecule has 0 rings (SSSR count). The molecule has 0 aromatic carbocycles. The molecule has 0 aliphatic rings. The minimum atomic E-state index is 1.37. The summed E-state index contributed by atoms with van der Waals surface area (Å²) in [5.74, 6) is 0. The second-order valence-corrected chi connectivity index (χ2v) is 12.7. The van der Waals surface area contributed by atoms with Crippen molar-refractivity contribution in [1.29, 1.82) is 0 Å². The summed E-state index contributed by atoms with van der Waals surface area (Å²) in [6.07, 6.45) is 40.8. The van der Waals surface area contributed by atoms with E-state index in [1.165, 1.54) is 210 Å². The summed E-state index contributed by atoms with van der Waals surface area (Å²) in [7, 11) is 0. The molecule has 0 atom stereocenters. The smallest absolute Gasteiger partial charge is 0.0786 e. The number of quaternary nitrogens is 1. The lowest BCUT2D eigenvalue weighted by Crippen LogP contribution is -2.50. The van der Waals surface area contributed by atoms with Gasteiger partial charge in [-0.2, -0.15) is 0 Å². The SMILES string of the molecule is CCCCCCCCCCCCCCCCCC[N+](CCCCCC)(CCCCCC)CCCCCC. The first kappa shape index (κ1) is 37.0. The minimum absolute atomic E-state index is 1.37. The number of rotatable bonds is 32. The quantitative estimate of drug-likeness (QED) is 0.0608. The maximum atomic E-state index is 2.36. The molecule has 0 bridgehead atoms. The first-order valence-corrected chi connectivity index (χ1v) is 18.1. The highest BCUT2D eigenvalue weighted by Crippen LogP contribution is 2.20. The van der Waals surface area contributed by atoms with E-state index in [1.54, 1.807) is 0 Å². The molecular formula is C36H76N+. The Morgan fingerprint density at radius 2 is 0.378 bits per heavy atom. The van der Waals surface area contributed by atoms with Gasteiger partial charge in [0, 0.05) is 0 Å². The lowest BCUT2D eigenvalue weighted by molar-refractivity contribution is -0.929. The third-order valence-corrected chi connectivity index (χ3v) is 8.94. The van der Waals surface area contributed by atoms with Gasteiger partial charge < -0.3 is 4.48 Å². The molecule has 1 nitrogen and oxygen atoms in total. The zero-order valence-corrected chi connectivity index (χ0v) is 27.1. The Labute approximate surface area is 237 Å². The topological polar surface area (TPSA) is 0 Å². The first-order valence-electron chi connectivity index (χ1n) is 18.1. The fourth-order valence-electron chi connectivity index (χ4n) is 6.29. The molecule has 0 spiro atoms. The average Bonchev–Trinajstić information content (AvgIpc) is 2.91. The van der Waals surface area contributed by atoms with Crippen LogP contribution in [0.4, 0.5) is 0 Å². The summed E-state index contributed by atoms with van der Waals surface area (Å²) in [5, 5.41) is 0. The molecule has 0 radical (unpaired) electrons. The van der Waals surface area contributed by atoms with Crippen molar-refractivity contribution in [2.75, 3.05) is 26.2 Å². The molecule has 0 amide bonds. The Hall–Kier alpha value is -0.0400. The Bertz CT molecular complexity index is 372. The highest BCUT2D eigenvalue weighted by atomic mass is 15.3. The molecule has 0 aliphatic heterocycles. The van der Waals surface area contributed by atoms with E-state index in [2.05, 4.69) is 27.7 Å². The van der Waals surface area contributed by atoms with Crippen molar-refractivity contribution in [2.24, 2.45) is 0 Å². The van der Waals surface area contributed by atoms with Crippen molar-refractivity contribution >= 4 is 0 Å². The van der Waals surface area contributed by atoms with E-state index in [1.807, 2.05) is 0 Å². The third kappa shape index (κ3) is 26.0. The Kier molecular flexibility index (Phi) is 30.5. The Balaban J connectivity index is 4.13. The Morgan fingerprint density at radius 3 is 0.595 bits per heavy atom. The molecule has 0 fully saturated rings. The summed E-state index contributed by atoms with van der Waals surface area (Å²) < 4.78 is 1.47. The fourth-order valence-corrected chi connectivity index (χ4v) is 6.29. The predicted molar refractivity (Wildman–Crippen MR) is 172 cm³/mol. The van der Waals surface area contributed by atoms with Gasteiger partial charge in [0.15, 0.2) is 0 Å². The van der Waals surface area contributed by atoms with Gasteiger partial charge in [0.1, 0.15) is 0 Å². The van der Waals surface area contributed by atoms with Gasteiger partial charge in [-0.3, -0.25) is 0 Å². The zero-order valence-electron chi connectivity index (χ0n) is 27.1. The van der Waals surface area contributed by atoms with Crippen molar-refractivity contribution in [3.63, 3.8) is 0 Å². The molecular weight excluding hydrogens is 446 g/mol. The van der Waals surface area contributed by atoms with Crippen LogP contribution in [0.15, 0.2) is 0 Å². The molecule has 1 heteroatoms. The largest absolute Gasteiger partial charge is 0.324 e. The zero-order chi connectivity index (χ0) is 27.1. The van der Waals surface area contributed by atoms with Gasteiger partial charge in [-0.15, -0.1) is 0 Å². The van der Waals surface area contributed by atoms with E-state index in [9.17, 15) is 0 Å². The lowest BCUT2D eigenvalue weighted by Gasteiger charge is -2.39. The van der Waals surface area contributed by atoms with E-state index in [-0.39, 0.29) is 0 Å². The molecule has 224 valence electrons. The highest BCUT2D eigenvalue weighted by Gasteiger charge is 2.25. The van der Waals surface area contributed by atoms with Crippen LogP contribution in [0.1, 0.15) is 207 Å². The van der Waals surface area contributed by atoms with Crippen LogP contribution < -0.4 is 0 Å². The van der Waals surface area contributed by atoms with Crippen LogP contribution in [-0.2, 0) is 0 Å². The monoisotopic (exact) mass is 523 g/mol. The van der Waals surface area contributed by atoms with Crippen molar-refractivity contribution in [3.05, 3.63) is 0 Å². The van der Waals surface area contributed by atoms with E-state index in [4.69, 9.17) is 0 Å². The number of hydrogen-bond donors (Lipinski definition) is 0. The number of hydrogen-bond acceptors (Lipinski definition) is 0. The van der Waals surface area contributed by atoms with Gasteiger partial charge >= 0.3 is 0 Å². The van der Waals surface area contributed by atoms with Gasteiger partial charge in [0.2, 0.25) is 0 Å². The third-order valence-electron chi connectivity index (χ3n) is 8.94.